The molecule has 5 aliphatic rings. The maximum absolute atomic E-state index is 12.9. The van der Waals surface area contributed by atoms with E-state index in [2.05, 4.69) is 48.1 Å². The number of fused-ring (bicyclic) bond motifs is 7. The highest BCUT2D eigenvalue weighted by molar-refractivity contribution is 5.76. The molecule has 6 nitrogen and oxygen atoms in total. The quantitative estimate of drug-likeness (QED) is 0.290. The molecule has 5 aliphatic carbocycles. The number of esters is 1. The lowest BCUT2D eigenvalue weighted by molar-refractivity contribution is -0.251. The van der Waals surface area contributed by atoms with Crippen LogP contribution in [0.1, 0.15) is 106 Å². The highest BCUT2D eigenvalue weighted by atomic mass is 16.6. The molecule has 0 aromatic carbocycles. The highest BCUT2D eigenvalue weighted by Crippen LogP contribution is 2.77. The van der Waals surface area contributed by atoms with Gasteiger partial charge in [-0.15, -0.1) is 0 Å². The van der Waals surface area contributed by atoms with Crippen LogP contribution in [0.2, 0.25) is 0 Å². The Morgan fingerprint density at radius 2 is 1.59 bits per heavy atom. The van der Waals surface area contributed by atoms with Crippen LogP contribution < -0.4 is 0 Å². The third-order valence-corrected chi connectivity index (χ3v) is 14.1. The molecular formula is C33H52O6. The van der Waals surface area contributed by atoms with Crippen molar-refractivity contribution < 1.29 is 29.6 Å². The van der Waals surface area contributed by atoms with Gasteiger partial charge in [0.2, 0.25) is 0 Å². The first-order valence-electron chi connectivity index (χ1n) is 15.5. The van der Waals surface area contributed by atoms with Gasteiger partial charge < -0.3 is 20.1 Å². The van der Waals surface area contributed by atoms with Crippen LogP contribution in [0.25, 0.3) is 0 Å². The first-order chi connectivity index (χ1) is 18.1. The van der Waals surface area contributed by atoms with Gasteiger partial charge in [0.25, 0.3) is 0 Å². The van der Waals surface area contributed by atoms with E-state index in [0.29, 0.717) is 23.7 Å². The van der Waals surface area contributed by atoms with E-state index in [1.54, 1.807) is 0 Å². The Hall–Kier alpha value is -1.40. The summed E-state index contributed by atoms with van der Waals surface area (Å²) in [6.07, 6.45) is 7.88. The molecular weight excluding hydrogens is 492 g/mol. The molecule has 5 fully saturated rings. The summed E-state index contributed by atoms with van der Waals surface area (Å²) in [7, 11) is 0. The molecule has 0 aliphatic heterocycles. The second kappa shape index (κ2) is 9.31. The van der Waals surface area contributed by atoms with Crippen molar-refractivity contribution in [2.45, 2.75) is 118 Å². The van der Waals surface area contributed by atoms with Crippen LogP contribution in [0, 0.1) is 56.7 Å². The maximum atomic E-state index is 12.9. The highest BCUT2D eigenvalue weighted by Gasteiger charge is 2.72. The summed E-state index contributed by atoms with van der Waals surface area (Å²) in [4.78, 5) is 25.3. The lowest BCUT2D eigenvalue weighted by atomic mass is 9.32. The molecule has 0 aromatic rings. The average molecular weight is 545 g/mol. The topological polar surface area (TPSA) is 104 Å². The van der Waals surface area contributed by atoms with Crippen LogP contribution in [0.3, 0.4) is 0 Å². The number of carbonyl (C=O) groups excluding carboxylic acids is 1. The molecule has 0 aromatic heterocycles. The third kappa shape index (κ3) is 3.78. The van der Waals surface area contributed by atoms with E-state index in [1.165, 1.54) is 0 Å². The van der Waals surface area contributed by atoms with Crippen molar-refractivity contribution in [3.05, 3.63) is 12.2 Å². The maximum Gasteiger partial charge on any atom is 0.337 e. The van der Waals surface area contributed by atoms with Crippen molar-refractivity contribution in [3.8, 4) is 0 Å². The second-order valence-corrected chi connectivity index (χ2v) is 15.6. The van der Waals surface area contributed by atoms with Crippen LogP contribution in [0.15, 0.2) is 12.2 Å². The number of aliphatic carboxylic acids is 1. The molecule has 5 rings (SSSR count). The number of carboxylic acid groups (broad SMARTS) is 1. The Labute approximate surface area is 235 Å². The Morgan fingerprint density at radius 1 is 0.897 bits per heavy atom. The molecule has 220 valence electrons. The van der Waals surface area contributed by atoms with Crippen molar-refractivity contribution in [3.63, 3.8) is 0 Å². The van der Waals surface area contributed by atoms with Crippen LogP contribution in [0.5, 0.6) is 0 Å². The predicted octanol–water partition coefficient (Wildman–Crippen LogP) is 5.99. The standard InChI is InChI=1S/C33H52O6/c1-19(2)20-10-15-33(28(37)38)17-16-31(6)21(26(20)33)8-9-24-30(5)13-12-25(39-27(36)22(35)18-34)29(3,4)23(30)11-14-32(24,31)7/h20-26,34-35H,1,8-18H2,2-7H3,(H,37,38)/t20-,21?,22?,23?,24?,25-,26?,30-,31+,32+,33-/m0/s1. The average Bonchev–Trinajstić information content (AvgIpc) is 3.27. The van der Waals surface area contributed by atoms with Crippen LogP contribution >= 0.6 is 0 Å². The number of ether oxygens (including phenoxy) is 1. The van der Waals surface area contributed by atoms with E-state index in [4.69, 9.17) is 4.74 Å². The van der Waals surface area contributed by atoms with Crippen molar-refractivity contribution in [1.82, 2.24) is 0 Å². The SMILES string of the molecule is C=C(C)[C@@H]1CC[C@]2(C(=O)O)CC[C@]3(C)C(CCC4[C@@]5(C)CC[C@H](OC(=O)C(O)CO)C(C)(C)C5CC[C@]43C)C12. The third-order valence-electron chi connectivity index (χ3n) is 14.1. The molecule has 5 saturated carbocycles. The van der Waals surface area contributed by atoms with E-state index >= 15 is 0 Å². The summed E-state index contributed by atoms with van der Waals surface area (Å²) in [6, 6.07) is 0. The van der Waals surface area contributed by atoms with E-state index < -0.39 is 30.1 Å². The van der Waals surface area contributed by atoms with Crippen LogP contribution in [0.4, 0.5) is 0 Å². The molecule has 0 radical (unpaired) electrons. The molecule has 0 amide bonds. The summed E-state index contributed by atoms with van der Waals surface area (Å²) in [5.41, 5.74) is 0.648. The number of hydrogen-bond donors (Lipinski definition) is 3. The number of aliphatic hydroxyl groups is 2. The Kier molecular flexibility index (Phi) is 6.94. The fraction of sp³-hybridized carbons (Fsp3) is 0.879. The molecule has 0 saturated heterocycles. The zero-order valence-electron chi connectivity index (χ0n) is 25.1. The minimum absolute atomic E-state index is 0.0875. The number of allylic oxidation sites excluding steroid dienone is 1. The number of carbonyl (C=O) groups is 2. The van der Waals surface area contributed by atoms with Gasteiger partial charge in [0, 0.05) is 5.41 Å². The molecule has 0 spiro atoms. The minimum atomic E-state index is -1.48. The largest absolute Gasteiger partial charge is 0.481 e. The number of hydrogen-bond acceptors (Lipinski definition) is 5. The van der Waals surface area contributed by atoms with Gasteiger partial charge in [0.1, 0.15) is 6.10 Å². The molecule has 0 bridgehead atoms. The van der Waals surface area contributed by atoms with Crippen molar-refractivity contribution in [1.29, 1.82) is 0 Å². The van der Waals surface area contributed by atoms with Gasteiger partial charge in [-0.2, -0.15) is 0 Å². The predicted molar refractivity (Wildman–Crippen MR) is 150 cm³/mol. The zero-order chi connectivity index (χ0) is 28.8. The first kappa shape index (κ1) is 29.1. The van der Waals surface area contributed by atoms with Gasteiger partial charge in [-0.25, -0.2) is 4.79 Å². The molecule has 6 heteroatoms. The number of rotatable bonds is 5. The number of carboxylic acids is 1. The van der Waals surface area contributed by atoms with E-state index in [1.807, 2.05) is 0 Å². The Morgan fingerprint density at radius 3 is 2.21 bits per heavy atom. The fourth-order valence-corrected chi connectivity index (χ4v) is 12.0. The summed E-state index contributed by atoms with van der Waals surface area (Å²) >= 11 is 0. The smallest absolute Gasteiger partial charge is 0.337 e. The Balaban J connectivity index is 1.47. The molecule has 3 N–H and O–H groups in total. The first-order valence-corrected chi connectivity index (χ1v) is 15.5. The van der Waals surface area contributed by atoms with Crippen molar-refractivity contribution >= 4 is 11.9 Å². The second-order valence-electron chi connectivity index (χ2n) is 15.6. The summed E-state index contributed by atoms with van der Waals surface area (Å²) < 4.78 is 5.82. The van der Waals surface area contributed by atoms with E-state index in [0.717, 1.165) is 69.8 Å². The van der Waals surface area contributed by atoms with Gasteiger partial charge in [-0.05, 0) is 117 Å². The Bertz CT molecular complexity index is 1040. The molecule has 11 atom stereocenters. The monoisotopic (exact) mass is 544 g/mol. The summed E-state index contributed by atoms with van der Waals surface area (Å²) in [5.74, 6) is 0.500. The van der Waals surface area contributed by atoms with Crippen molar-refractivity contribution in [2.24, 2.45) is 56.7 Å². The van der Waals surface area contributed by atoms with Gasteiger partial charge in [0.15, 0.2) is 6.10 Å². The number of aliphatic hydroxyl groups excluding tert-OH is 2. The van der Waals surface area contributed by atoms with Crippen LogP contribution in [-0.2, 0) is 14.3 Å². The molecule has 5 unspecified atom stereocenters. The van der Waals surface area contributed by atoms with E-state index in [9.17, 15) is 24.9 Å². The molecule has 0 heterocycles. The van der Waals surface area contributed by atoms with Gasteiger partial charge in [0.05, 0.1) is 12.0 Å². The zero-order valence-corrected chi connectivity index (χ0v) is 25.1. The van der Waals surface area contributed by atoms with Gasteiger partial charge >= 0.3 is 11.9 Å². The van der Waals surface area contributed by atoms with Crippen LogP contribution in [-0.4, -0.2) is 46.1 Å². The van der Waals surface area contributed by atoms with Gasteiger partial charge in [-0.3, -0.25) is 4.79 Å². The summed E-state index contributed by atoms with van der Waals surface area (Å²) in [6.45, 7) is 17.8. The molecule has 39 heavy (non-hydrogen) atoms. The normalized spacial score (nSPS) is 49.0. The van der Waals surface area contributed by atoms with E-state index in [-0.39, 0.29) is 33.7 Å². The van der Waals surface area contributed by atoms with Gasteiger partial charge in [-0.1, -0.05) is 46.8 Å². The minimum Gasteiger partial charge on any atom is -0.481 e. The lowest BCUT2D eigenvalue weighted by Crippen LogP contribution is -2.67. The van der Waals surface area contributed by atoms with Crippen molar-refractivity contribution in [2.75, 3.05) is 6.61 Å². The fourth-order valence-electron chi connectivity index (χ4n) is 12.0. The summed E-state index contributed by atoms with van der Waals surface area (Å²) in [5, 5.41) is 29.6. The lowest BCUT2D eigenvalue weighted by Gasteiger charge is -2.72.